The molecule has 72 valence electrons. The third-order valence-corrected chi connectivity index (χ3v) is 4.18. The standard InChI is InChI=1S/C8H15ClO2S/c1-2-8(5-3-4-6-8)7-12(9,10)11/h2-7H2,1H3. The fourth-order valence-corrected chi connectivity index (χ4v) is 4.01. The Morgan fingerprint density at radius 2 is 1.83 bits per heavy atom. The van der Waals surface area contributed by atoms with Gasteiger partial charge in [0.2, 0.25) is 9.05 Å². The summed E-state index contributed by atoms with van der Waals surface area (Å²) in [6, 6.07) is 0. The molecule has 0 bridgehead atoms. The maximum Gasteiger partial charge on any atom is 0.233 e. The molecule has 0 radical (unpaired) electrons. The first kappa shape index (κ1) is 10.3. The lowest BCUT2D eigenvalue weighted by Gasteiger charge is -2.25. The fourth-order valence-electron chi connectivity index (χ4n) is 2.09. The van der Waals surface area contributed by atoms with Crippen molar-refractivity contribution in [3.05, 3.63) is 0 Å². The van der Waals surface area contributed by atoms with Crippen LogP contribution in [0.3, 0.4) is 0 Å². The van der Waals surface area contributed by atoms with Gasteiger partial charge in [0.1, 0.15) is 0 Å². The molecule has 12 heavy (non-hydrogen) atoms. The minimum absolute atomic E-state index is 0.000579. The summed E-state index contributed by atoms with van der Waals surface area (Å²) in [6.07, 6.45) is 5.28. The van der Waals surface area contributed by atoms with Gasteiger partial charge >= 0.3 is 0 Å². The van der Waals surface area contributed by atoms with E-state index in [2.05, 4.69) is 0 Å². The molecule has 1 aliphatic rings. The van der Waals surface area contributed by atoms with Crippen molar-refractivity contribution < 1.29 is 8.42 Å². The Balaban J connectivity index is 2.68. The molecule has 1 aliphatic carbocycles. The Labute approximate surface area is 78.7 Å². The first-order valence-electron chi connectivity index (χ1n) is 4.40. The summed E-state index contributed by atoms with van der Waals surface area (Å²) >= 11 is 0. The van der Waals surface area contributed by atoms with E-state index in [0.29, 0.717) is 0 Å². The third kappa shape index (κ3) is 2.63. The zero-order valence-electron chi connectivity index (χ0n) is 7.35. The summed E-state index contributed by atoms with van der Waals surface area (Å²) in [5.74, 6) is 0.165. The SMILES string of the molecule is CCC1(CS(=O)(=O)Cl)CCCC1. The molecular formula is C8H15ClO2S. The third-order valence-electron chi connectivity index (χ3n) is 2.89. The molecule has 0 saturated heterocycles. The lowest BCUT2D eigenvalue weighted by Crippen LogP contribution is -2.24. The number of rotatable bonds is 3. The van der Waals surface area contributed by atoms with E-state index < -0.39 is 9.05 Å². The van der Waals surface area contributed by atoms with Crippen LogP contribution < -0.4 is 0 Å². The summed E-state index contributed by atoms with van der Waals surface area (Å²) in [6.45, 7) is 2.05. The van der Waals surface area contributed by atoms with Crippen molar-refractivity contribution in [2.75, 3.05) is 5.75 Å². The largest absolute Gasteiger partial charge is 0.233 e. The monoisotopic (exact) mass is 210 g/mol. The van der Waals surface area contributed by atoms with Gasteiger partial charge in [-0.05, 0) is 24.7 Å². The molecule has 0 aromatic carbocycles. The zero-order chi connectivity index (χ0) is 9.24. The summed E-state index contributed by atoms with van der Waals surface area (Å²) in [7, 11) is 1.95. The number of hydrogen-bond donors (Lipinski definition) is 0. The highest BCUT2D eigenvalue weighted by molar-refractivity contribution is 8.13. The summed E-state index contributed by atoms with van der Waals surface area (Å²) in [5, 5.41) is 0. The molecular weight excluding hydrogens is 196 g/mol. The van der Waals surface area contributed by atoms with Gasteiger partial charge in [-0.25, -0.2) is 8.42 Å². The van der Waals surface area contributed by atoms with E-state index in [0.717, 1.165) is 32.1 Å². The second-order valence-electron chi connectivity index (χ2n) is 3.74. The average molecular weight is 211 g/mol. The van der Waals surface area contributed by atoms with Gasteiger partial charge in [0.15, 0.2) is 0 Å². The highest BCUT2D eigenvalue weighted by atomic mass is 35.7. The van der Waals surface area contributed by atoms with E-state index in [1.807, 2.05) is 6.92 Å². The molecule has 0 unspecified atom stereocenters. The van der Waals surface area contributed by atoms with E-state index in [9.17, 15) is 8.42 Å². The molecule has 0 aromatic heterocycles. The van der Waals surface area contributed by atoms with Gasteiger partial charge in [-0.2, -0.15) is 0 Å². The lowest BCUT2D eigenvalue weighted by molar-refractivity contribution is 0.327. The van der Waals surface area contributed by atoms with Crippen molar-refractivity contribution in [3.63, 3.8) is 0 Å². The zero-order valence-corrected chi connectivity index (χ0v) is 8.92. The van der Waals surface area contributed by atoms with Crippen molar-refractivity contribution in [1.82, 2.24) is 0 Å². The molecule has 0 aliphatic heterocycles. The van der Waals surface area contributed by atoms with Crippen LogP contribution in [0.4, 0.5) is 0 Å². The van der Waals surface area contributed by atoms with Gasteiger partial charge in [0.25, 0.3) is 0 Å². The Morgan fingerprint density at radius 3 is 2.17 bits per heavy atom. The molecule has 1 fully saturated rings. The first-order valence-corrected chi connectivity index (χ1v) is 6.88. The highest BCUT2D eigenvalue weighted by Crippen LogP contribution is 2.42. The lowest BCUT2D eigenvalue weighted by atomic mass is 9.86. The smallest absolute Gasteiger partial charge is 0.212 e. The molecule has 0 aromatic rings. The predicted molar refractivity (Wildman–Crippen MR) is 50.8 cm³/mol. The van der Waals surface area contributed by atoms with Crippen LogP contribution in [-0.2, 0) is 9.05 Å². The Kier molecular flexibility index (Phi) is 3.05. The Bertz CT molecular complexity index is 240. The van der Waals surface area contributed by atoms with Crippen LogP contribution in [0, 0.1) is 5.41 Å². The minimum atomic E-state index is -3.31. The minimum Gasteiger partial charge on any atom is -0.212 e. The van der Waals surface area contributed by atoms with Crippen molar-refractivity contribution in [1.29, 1.82) is 0 Å². The van der Waals surface area contributed by atoms with Gasteiger partial charge in [-0.3, -0.25) is 0 Å². The second kappa shape index (κ2) is 3.54. The molecule has 0 amide bonds. The predicted octanol–water partition coefficient (Wildman–Crippen LogP) is 2.53. The normalized spacial score (nSPS) is 22.8. The van der Waals surface area contributed by atoms with Crippen LogP contribution in [0.1, 0.15) is 39.0 Å². The van der Waals surface area contributed by atoms with Crippen molar-refractivity contribution >= 4 is 19.7 Å². The maximum atomic E-state index is 10.9. The summed E-state index contributed by atoms with van der Waals surface area (Å²) in [4.78, 5) is 0. The van der Waals surface area contributed by atoms with Gasteiger partial charge in [0.05, 0.1) is 5.75 Å². The van der Waals surface area contributed by atoms with Gasteiger partial charge in [-0.15, -0.1) is 0 Å². The van der Waals surface area contributed by atoms with Crippen LogP contribution in [-0.4, -0.2) is 14.2 Å². The molecule has 0 N–H and O–H groups in total. The summed E-state index contributed by atoms with van der Waals surface area (Å²) < 4.78 is 21.8. The van der Waals surface area contributed by atoms with Crippen molar-refractivity contribution in [2.45, 2.75) is 39.0 Å². The topological polar surface area (TPSA) is 34.1 Å². The van der Waals surface area contributed by atoms with Crippen LogP contribution in [0.2, 0.25) is 0 Å². The summed E-state index contributed by atoms with van der Waals surface area (Å²) in [5.41, 5.74) is 0.000579. The van der Waals surface area contributed by atoms with Gasteiger partial charge in [0, 0.05) is 10.7 Å². The van der Waals surface area contributed by atoms with Gasteiger partial charge in [-0.1, -0.05) is 19.8 Å². The maximum absolute atomic E-state index is 10.9. The second-order valence-corrected chi connectivity index (χ2v) is 6.52. The van der Waals surface area contributed by atoms with Crippen LogP contribution in [0.25, 0.3) is 0 Å². The van der Waals surface area contributed by atoms with Crippen LogP contribution in [0.5, 0.6) is 0 Å². The van der Waals surface area contributed by atoms with E-state index in [-0.39, 0.29) is 11.2 Å². The van der Waals surface area contributed by atoms with Gasteiger partial charge < -0.3 is 0 Å². The average Bonchev–Trinajstić information content (AvgIpc) is 2.34. The molecule has 4 heteroatoms. The van der Waals surface area contributed by atoms with E-state index in [1.165, 1.54) is 0 Å². The molecule has 0 heterocycles. The fraction of sp³-hybridized carbons (Fsp3) is 1.00. The quantitative estimate of drug-likeness (QED) is 0.671. The van der Waals surface area contributed by atoms with Crippen LogP contribution in [0.15, 0.2) is 0 Å². The number of halogens is 1. The molecule has 0 spiro atoms. The molecule has 2 nitrogen and oxygen atoms in total. The highest BCUT2D eigenvalue weighted by Gasteiger charge is 2.35. The van der Waals surface area contributed by atoms with E-state index >= 15 is 0 Å². The Morgan fingerprint density at radius 1 is 1.33 bits per heavy atom. The van der Waals surface area contributed by atoms with Crippen molar-refractivity contribution in [2.24, 2.45) is 5.41 Å². The Hall–Kier alpha value is 0.240. The number of hydrogen-bond acceptors (Lipinski definition) is 2. The molecule has 1 saturated carbocycles. The molecule has 1 rings (SSSR count). The van der Waals surface area contributed by atoms with E-state index in [1.54, 1.807) is 0 Å². The van der Waals surface area contributed by atoms with Crippen molar-refractivity contribution in [3.8, 4) is 0 Å². The van der Waals surface area contributed by atoms with E-state index in [4.69, 9.17) is 10.7 Å². The van der Waals surface area contributed by atoms with Crippen LogP contribution >= 0.6 is 10.7 Å². The first-order chi connectivity index (χ1) is 5.47. The molecule has 0 atom stereocenters.